The van der Waals surface area contributed by atoms with Crippen LogP contribution in [-0.4, -0.2) is 57.4 Å². The molecule has 0 bridgehead atoms. The summed E-state index contributed by atoms with van der Waals surface area (Å²) in [7, 11) is 2.07. The molecule has 1 aliphatic heterocycles. The smallest absolute Gasteiger partial charge is 0.326 e. The Labute approximate surface area is 133 Å². The zero-order valence-corrected chi connectivity index (χ0v) is 12.7. The van der Waals surface area contributed by atoms with Crippen molar-refractivity contribution in [3.05, 3.63) is 30.4 Å². The van der Waals surface area contributed by atoms with Crippen molar-refractivity contribution < 1.29 is 9.84 Å². The molecule has 0 amide bonds. The molecule has 120 valence electrons. The Kier molecular flexibility index (Phi) is 4.33. The summed E-state index contributed by atoms with van der Waals surface area (Å²) in [6, 6.07) is 1.93. The number of ether oxygens (including phenoxy) is 1. The van der Waals surface area contributed by atoms with Crippen molar-refractivity contribution in [2.45, 2.75) is 12.5 Å². The minimum atomic E-state index is -0.179. The van der Waals surface area contributed by atoms with Crippen LogP contribution in [0.3, 0.4) is 0 Å². The van der Waals surface area contributed by atoms with Crippen molar-refractivity contribution in [1.82, 2.24) is 25.2 Å². The minimum absolute atomic E-state index is 0.0249. The van der Waals surface area contributed by atoms with Gasteiger partial charge in [0, 0.05) is 25.0 Å². The van der Waals surface area contributed by atoms with Gasteiger partial charge < -0.3 is 25.5 Å². The highest BCUT2D eigenvalue weighted by atomic mass is 16.5. The van der Waals surface area contributed by atoms with Crippen LogP contribution in [0.15, 0.2) is 30.4 Å². The average Bonchev–Trinajstić information content (AvgIpc) is 2.97. The van der Waals surface area contributed by atoms with E-state index in [9.17, 15) is 5.11 Å². The number of aromatic hydroxyl groups is 1. The molecule has 1 unspecified atom stereocenters. The highest BCUT2D eigenvalue weighted by Crippen LogP contribution is 2.23. The molecule has 1 fully saturated rings. The summed E-state index contributed by atoms with van der Waals surface area (Å²) in [6.07, 6.45) is 6.81. The van der Waals surface area contributed by atoms with Gasteiger partial charge in [-0.25, -0.2) is 0 Å². The third-order valence-corrected chi connectivity index (χ3v) is 3.66. The van der Waals surface area contributed by atoms with Gasteiger partial charge in [0.2, 0.25) is 5.88 Å². The fourth-order valence-electron chi connectivity index (χ4n) is 2.47. The molecule has 2 aromatic rings. The first-order valence-electron chi connectivity index (χ1n) is 7.29. The van der Waals surface area contributed by atoms with Crippen molar-refractivity contribution in [2.24, 2.45) is 0 Å². The number of likely N-dealkylation sites (N-methyl/N-ethyl adjacent to an activating group) is 1. The van der Waals surface area contributed by atoms with E-state index in [1.807, 2.05) is 0 Å². The number of nitrogens with zero attached hydrogens (tertiary/aromatic N) is 4. The van der Waals surface area contributed by atoms with Gasteiger partial charge in [0.1, 0.15) is 0 Å². The van der Waals surface area contributed by atoms with Gasteiger partial charge >= 0.3 is 6.01 Å². The number of nitrogens with one attached hydrogen (secondary N) is 2. The van der Waals surface area contributed by atoms with Crippen LogP contribution in [0.25, 0.3) is 10.9 Å². The molecular weight excluding hydrogens is 296 g/mol. The van der Waals surface area contributed by atoms with Crippen molar-refractivity contribution in [3.8, 4) is 11.9 Å². The van der Waals surface area contributed by atoms with E-state index in [1.54, 1.807) is 18.5 Å². The topological polar surface area (TPSA) is 107 Å². The molecule has 2 aromatic heterocycles. The van der Waals surface area contributed by atoms with Crippen LogP contribution >= 0.6 is 0 Å². The average molecular weight is 314 g/mol. The van der Waals surface area contributed by atoms with Gasteiger partial charge in [-0.2, -0.15) is 9.97 Å². The lowest BCUT2D eigenvalue weighted by atomic mass is 10.3. The van der Waals surface area contributed by atoms with E-state index in [1.165, 1.54) is 6.20 Å². The molecule has 3 heterocycles. The predicted molar refractivity (Wildman–Crippen MR) is 85.5 cm³/mol. The van der Waals surface area contributed by atoms with Crippen LogP contribution in [0.5, 0.6) is 11.9 Å². The van der Waals surface area contributed by atoms with E-state index in [0.29, 0.717) is 16.9 Å². The van der Waals surface area contributed by atoms with Crippen LogP contribution < -0.4 is 10.1 Å². The van der Waals surface area contributed by atoms with Crippen LogP contribution in [0, 0.1) is 5.41 Å². The number of rotatable bonds is 5. The summed E-state index contributed by atoms with van der Waals surface area (Å²) in [5.41, 5.74) is 0.477. The molecule has 0 spiro atoms. The highest BCUT2D eigenvalue weighted by Gasteiger charge is 2.18. The summed E-state index contributed by atoms with van der Waals surface area (Å²) < 4.78 is 5.47. The molecule has 1 aliphatic rings. The molecule has 1 atom stereocenters. The van der Waals surface area contributed by atoms with Gasteiger partial charge in [0.05, 0.1) is 23.3 Å². The lowest BCUT2D eigenvalue weighted by molar-refractivity contribution is 0.389. The summed E-state index contributed by atoms with van der Waals surface area (Å²) >= 11 is 0. The molecule has 1 saturated heterocycles. The maximum Gasteiger partial charge on any atom is 0.326 e. The Morgan fingerprint density at radius 3 is 3.13 bits per heavy atom. The van der Waals surface area contributed by atoms with Crippen LogP contribution in [0.2, 0.25) is 0 Å². The van der Waals surface area contributed by atoms with Crippen molar-refractivity contribution in [1.29, 1.82) is 5.41 Å². The Morgan fingerprint density at radius 2 is 2.39 bits per heavy atom. The fourth-order valence-corrected chi connectivity index (χ4v) is 2.47. The summed E-state index contributed by atoms with van der Waals surface area (Å²) in [6.45, 7) is 1.99. The zero-order valence-electron chi connectivity index (χ0n) is 12.7. The largest absolute Gasteiger partial charge is 0.493 e. The zero-order chi connectivity index (χ0) is 16.2. The molecule has 23 heavy (non-hydrogen) atoms. The second kappa shape index (κ2) is 6.57. The highest BCUT2D eigenvalue weighted by molar-refractivity contribution is 5.82. The van der Waals surface area contributed by atoms with E-state index in [-0.39, 0.29) is 17.6 Å². The molecule has 0 saturated carbocycles. The van der Waals surface area contributed by atoms with E-state index < -0.39 is 0 Å². The number of pyridine rings is 1. The van der Waals surface area contributed by atoms with Gasteiger partial charge in [0.15, 0.2) is 5.76 Å². The lowest BCUT2D eigenvalue weighted by Gasteiger charge is -2.11. The molecule has 0 radical (unpaired) electrons. The van der Waals surface area contributed by atoms with Crippen molar-refractivity contribution in [3.63, 3.8) is 0 Å². The summed E-state index contributed by atoms with van der Waals surface area (Å²) in [4.78, 5) is 14.3. The lowest BCUT2D eigenvalue weighted by Crippen LogP contribution is -2.28. The predicted octanol–water partition coefficient (Wildman–Crippen LogP) is 0.894. The Morgan fingerprint density at radius 1 is 1.52 bits per heavy atom. The monoisotopic (exact) mass is 314 g/mol. The van der Waals surface area contributed by atoms with Gasteiger partial charge in [-0.3, -0.25) is 4.98 Å². The molecule has 0 aliphatic carbocycles. The number of aromatic nitrogens is 3. The van der Waals surface area contributed by atoms with Gasteiger partial charge in [-0.1, -0.05) is 0 Å². The van der Waals surface area contributed by atoms with Crippen molar-refractivity contribution >= 4 is 17.1 Å². The Balaban J connectivity index is 1.75. The summed E-state index contributed by atoms with van der Waals surface area (Å²) in [5.74, 6) is 0.0873. The molecule has 3 rings (SSSR count). The van der Waals surface area contributed by atoms with Crippen LogP contribution in [0.4, 0.5) is 0 Å². The van der Waals surface area contributed by atoms with Gasteiger partial charge in [-0.05, 0) is 26.1 Å². The molecule has 8 nitrogen and oxygen atoms in total. The molecule has 3 N–H and O–H groups in total. The third-order valence-electron chi connectivity index (χ3n) is 3.66. The van der Waals surface area contributed by atoms with E-state index in [0.717, 1.165) is 25.7 Å². The number of likely N-dealkylation sites (tertiary alicyclic amines) is 1. The number of fused-ring (bicyclic) bond motifs is 1. The van der Waals surface area contributed by atoms with Gasteiger partial charge in [0.25, 0.3) is 0 Å². The van der Waals surface area contributed by atoms with Crippen molar-refractivity contribution in [2.75, 3.05) is 20.1 Å². The quantitative estimate of drug-likeness (QED) is 0.556. The second-order valence-corrected chi connectivity index (χ2v) is 5.43. The second-order valence-electron chi connectivity index (χ2n) is 5.43. The number of hydrogen-bond donors (Lipinski definition) is 3. The number of hydrogen-bond acceptors (Lipinski definition) is 8. The first-order valence-corrected chi connectivity index (χ1v) is 7.29. The Hall–Kier alpha value is -2.74. The first-order chi connectivity index (χ1) is 11.2. The van der Waals surface area contributed by atoms with Crippen LogP contribution in [0.1, 0.15) is 6.42 Å². The molecule has 8 heteroatoms. The maximum atomic E-state index is 9.91. The third kappa shape index (κ3) is 3.54. The fraction of sp³-hybridized carbons (Fsp3) is 0.333. The standard InChI is InChI=1S/C15H18N6O2/c1-21-5-3-10(9-21)18-7-11(6-16)23-15-19-13-8-17-4-2-12(13)14(22)20-15/h2,4,6-8,10,16,18H,3,5,9H2,1H3,(H,19,20,22)/b11-7+,16-6?. The van der Waals surface area contributed by atoms with Crippen LogP contribution in [-0.2, 0) is 0 Å². The van der Waals surface area contributed by atoms with E-state index in [4.69, 9.17) is 10.1 Å². The summed E-state index contributed by atoms with van der Waals surface area (Å²) in [5, 5.41) is 21.1. The SMILES string of the molecule is CN1CCC(N/C=C(\C=N)Oc2nc(O)c3ccncc3n2)C1. The normalized spacial score (nSPS) is 19.0. The molecular formula is C15H18N6O2. The Bertz CT molecular complexity index is 748. The minimum Gasteiger partial charge on any atom is -0.493 e. The maximum absolute atomic E-state index is 9.91. The molecule has 0 aromatic carbocycles. The number of allylic oxidation sites excluding steroid dienone is 1. The van der Waals surface area contributed by atoms with E-state index >= 15 is 0 Å². The van der Waals surface area contributed by atoms with Gasteiger partial charge in [-0.15, -0.1) is 0 Å². The first kappa shape index (κ1) is 15.2. The van der Waals surface area contributed by atoms with E-state index in [2.05, 4.69) is 32.2 Å².